The number of aliphatic hydroxyl groups is 2. The Labute approximate surface area is 135 Å². The molecular weight excluding hydrogens is 272 g/mol. The van der Waals surface area contributed by atoms with Crippen molar-refractivity contribution in [2.45, 2.75) is 71.3 Å². The van der Waals surface area contributed by atoms with Crippen molar-refractivity contribution in [3.05, 3.63) is 35.4 Å². The predicted molar refractivity (Wildman–Crippen MR) is 92.0 cm³/mol. The van der Waals surface area contributed by atoms with Crippen molar-refractivity contribution >= 4 is 0 Å². The molecule has 2 rings (SSSR count). The number of hydrogen-bond donors (Lipinski definition) is 2. The lowest BCUT2D eigenvalue weighted by Gasteiger charge is -2.49. The second kappa shape index (κ2) is 6.72. The quantitative estimate of drug-likeness (QED) is 0.852. The van der Waals surface area contributed by atoms with Gasteiger partial charge in [-0.2, -0.15) is 0 Å². The minimum absolute atomic E-state index is 0.154. The summed E-state index contributed by atoms with van der Waals surface area (Å²) in [5.74, 6) is 0.696. The van der Waals surface area contributed by atoms with Crippen molar-refractivity contribution in [1.82, 2.24) is 0 Å². The first-order valence-corrected chi connectivity index (χ1v) is 8.70. The molecular formula is C20H32O2. The highest BCUT2D eigenvalue weighted by atomic mass is 16.3. The van der Waals surface area contributed by atoms with Crippen LogP contribution in [0.25, 0.3) is 0 Å². The zero-order valence-corrected chi connectivity index (χ0v) is 14.6. The summed E-state index contributed by atoms with van der Waals surface area (Å²) >= 11 is 0. The molecule has 0 aromatic heterocycles. The van der Waals surface area contributed by atoms with Gasteiger partial charge in [-0.05, 0) is 67.4 Å². The van der Waals surface area contributed by atoms with Crippen molar-refractivity contribution in [2.75, 3.05) is 6.61 Å². The molecule has 0 amide bonds. The predicted octanol–water partition coefficient (Wildman–Crippen LogP) is 4.29. The molecule has 0 aliphatic heterocycles. The van der Waals surface area contributed by atoms with E-state index < -0.39 is 5.60 Å². The van der Waals surface area contributed by atoms with E-state index in [1.807, 2.05) is 6.92 Å². The highest BCUT2D eigenvalue weighted by molar-refractivity contribution is 5.26. The third-order valence-electron chi connectivity index (χ3n) is 5.72. The van der Waals surface area contributed by atoms with E-state index in [9.17, 15) is 10.2 Å². The Hall–Kier alpha value is -0.860. The molecule has 2 heteroatoms. The van der Waals surface area contributed by atoms with Gasteiger partial charge >= 0.3 is 0 Å². The van der Waals surface area contributed by atoms with Crippen LogP contribution in [0.3, 0.4) is 0 Å². The van der Waals surface area contributed by atoms with Gasteiger partial charge in [0.15, 0.2) is 0 Å². The number of rotatable bonds is 5. The molecule has 1 aliphatic rings. The van der Waals surface area contributed by atoms with E-state index in [-0.39, 0.29) is 17.9 Å². The average molecular weight is 304 g/mol. The molecule has 0 unspecified atom stereocenters. The number of aliphatic hydroxyl groups excluding tert-OH is 1. The van der Waals surface area contributed by atoms with E-state index >= 15 is 0 Å². The summed E-state index contributed by atoms with van der Waals surface area (Å²) in [5, 5.41) is 20.7. The van der Waals surface area contributed by atoms with E-state index in [4.69, 9.17) is 0 Å². The lowest BCUT2D eigenvalue weighted by atomic mass is 9.59. The van der Waals surface area contributed by atoms with Crippen LogP contribution in [-0.2, 0) is 6.42 Å². The molecule has 1 saturated carbocycles. The monoisotopic (exact) mass is 304 g/mol. The van der Waals surface area contributed by atoms with Gasteiger partial charge in [-0.1, -0.05) is 45.0 Å². The van der Waals surface area contributed by atoms with Gasteiger partial charge in [0.05, 0.1) is 5.60 Å². The van der Waals surface area contributed by atoms with Crippen molar-refractivity contribution in [1.29, 1.82) is 0 Å². The van der Waals surface area contributed by atoms with Gasteiger partial charge in [0.2, 0.25) is 0 Å². The fourth-order valence-corrected chi connectivity index (χ4v) is 4.22. The van der Waals surface area contributed by atoms with E-state index in [1.165, 1.54) is 11.1 Å². The third kappa shape index (κ3) is 3.72. The zero-order chi connectivity index (χ0) is 16.4. The highest BCUT2D eigenvalue weighted by Gasteiger charge is 2.47. The molecule has 0 heterocycles. The number of hydrogen-bond acceptors (Lipinski definition) is 2. The standard InChI is InChI=1S/C20H32O2/c1-15(2)17-8-5-7-16(13-17)9-10-18-19(3,14-21)11-6-12-20(18,4)22/h5,7-8,13,15,18,21-22H,6,9-12,14H2,1-4H3/t18-,19-,20-/m0/s1. The average Bonchev–Trinajstić information content (AvgIpc) is 2.46. The molecule has 1 aliphatic carbocycles. The molecule has 0 bridgehead atoms. The summed E-state index contributed by atoms with van der Waals surface area (Å²) in [7, 11) is 0. The van der Waals surface area contributed by atoms with E-state index in [0.717, 1.165) is 32.1 Å². The summed E-state index contributed by atoms with van der Waals surface area (Å²) in [4.78, 5) is 0. The van der Waals surface area contributed by atoms with Crippen LogP contribution in [0.5, 0.6) is 0 Å². The lowest BCUT2D eigenvalue weighted by Crippen LogP contribution is -2.50. The smallest absolute Gasteiger partial charge is 0.0654 e. The van der Waals surface area contributed by atoms with Crippen LogP contribution in [0.2, 0.25) is 0 Å². The molecule has 22 heavy (non-hydrogen) atoms. The molecule has 1 aromatic rings. The maximum atomic E-state index is 10.8. The van der Waals surface area contributed by atoms with Crippen LogP contribution in [0.1, 0.15) is 70.4 Å². The van der Waals surface area contributed by atoms with E-state index in [1.54, 1.807) is 0 Å². The normalized spacial score (nSPS) is 32.4. The van der Waals surface area contributed by atoms with Crippen LogP contribution in [0.4, 0.5) is 0 Å². The first-order valence-electron chi connectivity index (χ1n) is 8.70. The fourth-order valence-electron chi connectivity index (χ4n) is 4.22. The topological polar surface area (TPSA) is 40.5 Å². The largest absolute Gasteiger partial charge is 0.396 e. The Morgan fingerprint density at radius 2 is 1.95 bits per heavy atom. The van der Waals surface area contributed by atoms with Gasteiger partial charge in [-0.25, -0.2) is 0 Å². The minimum atomic E-state index is -0.661. The summed E-state index contributed by atoms with van der Waals surface area (Å²) in [6.45, 7) is 8.69. The SMILES string of the molecule is CC(C)c1cccc(CC[C@H]2[C@](C)(CO)CCC[C@]2(C)O)c1. The molecule has 1 fully saturated rings. The molecule has 124 valence electrons. The van der Waals surface area contributed by atoms with Crippen molar-refractivity contribution in [3.63, 3.8) is 0 Å². The Morgan fingerprint density at radius 3 is 2.59 bits per heavy atom. The third-order valence-corrected chi connectivity index (χ3v) is 5.72. The van der Waals surface area contributed by atoms with Crippen LogP contribution >= 0.6 is 0 Å². The highest BCUT2D eigenvalue weighted by Crippen LogP contribution is 2.48. The summed E-state index contributed by atoms with van der Waals surface area (Å²) < 4.78 is 0. The minimum Gasteiger partial charge on any atom is -0.396 e. The zero-order valence-electron chi connectivity index (χ0n) is 14.6. The van der Waals surface area contributed by atoms with Crippen molar-refractivity contribution in [2.24, 2.45) is 11.3 Å². The van der Waals surface area contributed by atoms with Crippen LogP contribution in [-0.4, -0.2) is 22.4 Å². The van der Waals surface area contributed by atoms with Gasteiger partial charge in [0.1, 0.15) is 0 Å². The molecule has 3 atom stereocenters. The Balaban J connectivity index is 2.12. The van der Waals surface area contributed by atoms with Crippen LogP contribution in [0.15, 0.2) is 24.3 Å². The van der Waals surface area contributed by atoms with Gasteiger partial charge < -0.3 is 10.2 Å². The van der Waals surface area contributed by atoms with Crippen LogP contribution < -0.4 is 0 Å². The number of benzene rings is 1. The fraction of sp³-hybridized carbons (Fsp3) is 0.700. The second-order valence-electron chi connectivity index (χ2n) is 8.01. The molecule has 0 radical (unpaired) electrons. The first-order chi connectivity index (χ1) is 10.3. The molecule has 2 nitrogen and oxygen atoms in total. The Kier molecular flexibility index (Phi) is 5.34. The van der Waals surface area contributed by atoms with E-state index in [2.05, 4.69) is 45.0 Å². The van der Waals surface area contributed by atoms with Crippen LogP contribution in [0, 0.1) is 11.3 Å². The van der Waals surface area contributed by atoms with Gasteiger partial charge in [-0.3, -0.25) is 0 Å². The van der Waals surface area contributed by atoms with E-state index in [0.29, 0.717) is 5.92 Å². The molecule has 2 N–H and O–H groups in total. The van der Waals surface area contributed by atoms with Gasteiger partial charge in [0, 0.05) is 6.61 Å². The molecule has 1 aromatic carbocycles. The van der Waals surface area contributed by atoms with Crippen molar-refractivity contribution in [3.8, 4) is 0 Å². The first kappa shape index (κ1) is 17.5. The van der Waals surface area contributed by atoms with Gasteiger partial charge in [-0.15, -0.1) is 0 Å². The lowest BCUT2D eigenvalue weighted by molar-refractivity contribution is -0.114. The van der Waals surface area contributed by atoms with Crippen molar-refractivity contribution < 1.29 is 10.2 Å². The Morgan fingerprint density at radius 1 is 1.23 bits per heavy atom. The summed E-state index contributed by atoms with van der Waals surface area (Å²) in [6.07, 6.45) is 4.77. The maximum absolute atomic E-state index is 10.8. The Bertz CT molecular complexity index is 492. The second-order valence-corrected chi connectivity index (χ2v) is 8.01. The molecule has 0 spiro atoms. The van der Waals surface area contributed by atoms with Gasteiger partial charge in [0.25, 0.3) is 0 Å². The number of aryl methyl sites for hydroxylation is 1. The summed E-state index contributed by atoms with van der Waals surface area (Å²) in [5.41, 5.74) is 1.90. The maximum Gasteiger partial charge on any atom is 0.0654 e. The summed E-state index contributed by atoms with van der Waals surface area (Å²) in [6, 6.07) is 8.79. The molecule has 0 saturated heterocycles.